The minimum Gasteiger partial charge on any atom is -0.426 e. The van der Waals surface area contributed by atoms with E-state index >= 15 is 0 Å². The van der Waals surface area contributed by atoms with Crippen LogP contribution in [0.4, 0.5) is 11.4 Å². The number of non-ortho nitro benzene ring substituents is 1. The second kappa shape index (κ2) is 12.6. The number of carbonyl (C=O) groups excluding carboxylic acids is 4. The molecular formula is C27H29Cl2N3O7. The smallest absolute Gasteiger partial charge is 0.311 e. The number of unbranched alkanes of at least 4 members (excludes halogenated alkanes) is 2. The summed E-state index contributed by atoms with van der Waals surface area (Å²) < 4.78 is 5.41. The Hall–Kier alpha value is -3.50. The maximum Gasteiger partial charge on any atom is 0.311 e. The topological polar surface area (TPSA) is 136 Å². The summed E-state index contributed by atoms with van der Waals surface area (Å²) in [6.07, 6.45) is 1.91. The minimum absolute atomic E-state index is 0.0126. The molecule has 1 heterocycles. The Morgan fingerprint density at radius 1 is 1.10 bits per heavy atom. The highest BCUT2D eigenvalue weighted by Gasteiger charge is 2.44. The Labute approximate surface area is 235 Å². The zero-order valence-corrected chi connectivity index (χ0v) is 23.3. The number of esters is 1. The van der Waals surface area contributed by atoms with Gasteiger partial charge in [-0.25, -0.2) is 0 Å². The Balaban J connectivity index is 1.53. The summed E-state index contributed by atoms with van der Waals surface area (Å²) in [6.45, 7) is 6.14. The number of likely N-dealkylation sites (tertiary alicyclic amines) is 1. The SMILES string of the molecule is CC(C)(C)C1CC(=O)N(CCCCCC(=O)Oc2ccc(Cl)cc2C(=O)Nc2ccc([N+](=O)[O-])cc2Cl)C1=O. The van der Waals surface area contributed by atoms with Crippen LogP contribution in [-0.2, 0) is 14.4 Å². The summed E-state index contributed by atoms with van der Waals surface area (Å²) in [5, 5.41) is 13.6. The molecule has 1 fully saturated rings. The van der Waals surface area contributed by atoms with E-state index in [2.05, 4.69) is 5.32 Å². The molecule has 3 rings (SSSR count). The molecule has 0 aromatic heterocycles. The highest BCUT2D eigenvalue weighted by atomic mass is 35.5. The van der Waals surface area contributed by atoms with E-state index in [0.29, 0.717) is 25.8 Å². The molecule has 2 aromatic rings. The van der Waals surface area contributed by atoms with Crippen molar-refractivity contribution in [3.8, 4) is 5.75 Å². The second-order valence-corrected chi connectivity index (χ2v) is 11.2. The Morgan fingerprint density at radius 2 is 1.82 bits per heavy atom. The molecule has 1 aliphatic rings. The molecule has 208 valence electrons. The predicted molar refractivity (Wildman–Crippen MR) is 146 cm³/mol. The van der Waals surface area contributed by atoms with Crippen LogP contribution in [0.15, 0.2) is 36.4 Å². The Morgan fingerprint density at radius 3 is 2.44 bits per heavy atom. The molecule has 1 atom stereocenters. The molecular weight excluding hydrogens is 549 g/mol. The number of anilines is 1. The van der Waals surface area contributed by atoms with Crippen molar-refractivity contribution in [2.45, 2.75) is 52.9 Å². The zero-order valence-electron chi connectivity index (χ0n) is 21.8. The molecule has 1 N–H and O–H groups in total. The molecule has 2 aromatic carbocycles. The highest BCUT2D eigenvalue weighted by Crippen LogP contribution is 2.35. The first-order valence-corrected chi connectivity index (χ1v) is 13.1. The van der Waals surface area contributed by atoms with Crippen molar-refractivity contribution in [3.63, 3.8) is 0 Å². The fourth-order valence-corrected chi connectivity index (χ4v) is 4.56. The Kier molecular flexibility index (Phi) is 9.68. The molecule has 3 amide bonds. The van der Waals surface area contributed by atoms with Gasteiger partial charge in [0.15, 0.2) is 0 Å². The van der Waals surface area contributed by atoms with Crippen molar-refractivity contribution in [3.05, 3.63) is 62.1 Å². The standard InChI is InChI=1S/C27H29Cl2N3O7/c1-27(2,3)19-15-23(33)31(26(19)36)12-6-4-5-7-24(34)39-22-11-8-16(28)13-18(22)25(35)30-21-10-9-17(32(37)38)14-20(21)29/h8-11,13-14,19H,4-7,12,15H2,1-3H3,(H,30,35). The Bertz CT molecular complexity index is 1310. The average Bonchev–Trinajstić information content (AvgIpc) is 3.14. The lowest BCUT2D eigenvalue weighted by atomic mass is 9.80. The summed E-state index contributed by atoms with van der Waals surface area (Å²) in [4.78, 5) is 61.8. The summed E-state index contributed by atoms with van der Waals surface area (Å²) in [5.74, 6) is -1.88. The minimum atomic E-state index is -0.676. The van der Waals surface area contributed by atoms with Gasteiger partial charge in [0, 0.05) is 36.5 Å². The molecule has 0 aliphatic carbocycles. The highest BCUT2D eigenvalue weighted by molar-refractivity contribution is 6.34. The summed E-state index contributed by atoms with van der Waals surface area (Å²) in [5.41, 5.74) is -0.405. The van der Waals surface area contributed by atoms with Crippen LogP contribution in [0.25, 0.3) is 0 Å². The number of imide groups is 1. The number of benzene rings is 2. The van der Waals surface area contributed by atoms with Crippen molar-refractivity contribution >= 4 is 58.3 Å². The average molecular weight is 578 g/mol. The number of hydrogen-bond donors (Lipinski definition) is 1. The van der Waals surface area contributed by atoms with Crippen molar-refractivity contribution in [1.29, 1.82) is 0 Å². The van der Waals surface area contributed by atoms with Crippen LogP contribution in [0.3, 0.4) is 0 Å². The van der Waals surface area contributed by atoms with Gasteiger partial charge in [-0.15, -0.1) is 0 Å². The van der Waals surface area contributed by atoms with E-state index in [0.717, 1.165) is 6.07 Å². The van der Waals surface area contributed by atoms with Gasteiger partial charge in [-0.2, -0.15) is 0 Å². The number of nitro benzene ring substituents is 1. The predicted octanol–water partition coefficient (Wildman–Crippen LogP) is 6.04. The van der Waals surface area contributed by atoms with Gasteiger partial charge >= 0.3 is 5.97 Å². The van der Waals surface area contributed by atoms with E-state index in [-0.39, 0.29) is 68.7 Å². The number of nitrogens with zero attached hydrogens (tertiary/aromatic N) is 2. The summed E-state index contributed by atoms with van der Waals surface area (Å²) in [7, 11) is 0. The normalized spacial score (nSPS) is 15.4. The number of nitrogens with one attached hydrogen (secondary N) is 1. The fraction of sp³-hybridized carbons (Fsp3) is 0.407. The molecule has 0 spiro atoms. The monoisotopic (exact) mass is 577 g/mol. The maximum atomic E-state index is 12.9. The van der Waals surface area contributed by atoms with Gasteiger partial charge in [0.05, 0.1) is 27.1 Å². The number of halogens is 2. The number of rotatable bonds is 10. The van der Waals surface area contributed by atoms with Gasteiger partial charge in [-0.3, -0.25) is 34.2 Å². The molecule has 0 bridgehead atoms. The maximum absolute atomic E-state index is 12.9. The van der Waals surface area contributed by atoms with Gasteiger partial charge in [0.25, 0.3) is 11.6 Å². The largest absolute Gasteiger partial charge is 0.426 e. The van der Waals surface area contributed by atoms with Crippen LogP contribution < -0.4 is 10.1 Å². The summed E-state index contributed by atoms with van der Waals surface area (Å²) in [6, 6.07) is 7.78. The van der Waals surface area contributed by atoms with Crippen LogP contribution in [-0.4, -0.2) is 40.1 Å². The van der Waals surface area contributed by atoms with Crippen LogP contribution in [0.2, 0.25) is 10.0 Å². The fourth-order valence-electron chi connectivity index (χ4n) is 4.16. The van der Waals surface area contributed by atoms with Gasteiger partial charge in [-0.05, 0) is 42.5 Å². The molecule has 39 heavy (non-hydrogen) atoms. The van der Waals surface area contributed by atoms with E-state index in [1.54, 1.807) is 0 Å². The summed E-state index contributed by atoms with van der Waals surface area (Å²) >= 11 is 12.1. The van der Waals surface area contributed by atoms with E-state index in [4.69, 9.17) is 27.9 Å². The van der Waals surface area contributed by atoms with Crippen molar-refractivity contribution in [2.75, 3.05) is 11.9 Å². The molecule has 10 nitrogen and oxygen atoms in total. The number of ether oxygens (including phenoxy) is 1. The third-order valence-corrected chi connectivity index (χ3v) is 6.92. The molecule has 12 heteroatoms. The number of carbonyl (C=O) groups is 4. The molecule has 1 aliphatic heterocycles. The van der Waals surface area contributed by atoms with E-state index in [1.807, 2.05) is 20.8 Å². The number of nitro groups is 1. The quantitative estimate of drug-likeness (QED) is 0.0907. The molecule has 0 radical (unpaired) electrons. The molecule has 0 saturated carbocycles. The van der Waals surface area contributed by atoms with Crippen molar-refractivity contribution in [1.82, 2.24) is 4.90 Å². The van der Waals surface area contributed by atoms with Gasteiger partial charge < -0.3 is 10.1 Å². The van der Waals surface area contributed by atoms with E-state index in [1.165, 1.54) is 35.2 Å². The van der Waals surface area contributed by atoms with Crippen LogP contribution in [0, 0.1) is 21.4 Å². The van der Waals surface area contributed by atoms with E-state index < -0.39 is 16.8 Å². The van der Waals surface area contributed by atoms with Crippen LogP contribution >= 0.6 is 23.2 Å². The lowest BCUT2D eigenvalue weighted by Gasteiger charge is -2.24. The van der Waals surface area contributed by atoms with Crippen molar-refractivity contribution in [2.24, 2.45) is 11.3 Å². The van der Waals surface area contributed by atoms with Gasteiger partial charge in [0.2, 0.25) is 11.8 Å². The third-order valence-electron chi connectivity index (χ3n) is 6.37. The van der Waals surface area contributed by atoms with Gasteiger partial charge in [0.1, 0.15) is 5.75 Å². The van der Waals surface area contributed by atoms with E-state index in [9.17, 15) is 29.3 Å². The lowest BCUT2D eigenvalue weighted by Crippen LogP contribution is -2.34. The molecule has 1 unspecified atom stereocenters. The zero-order chi connectivity index (χ0) is 28.9. The third kappa shape index (κ3) is 7.77. The van der Waals surface area contributed by atoms with Crippen LogP contribution in [0.5, 0.6) is 5.75 Å². The second-order valence-electron chi connectivity index (χ2n) is 10.3. The molecule has 1 saturated heterocycles. The number of amides is 3. The van der Waals surface area contributed by atoms with Crippen LogP contribution in [0.1, 0.15) is 63.2 Å². The first-order valence-electron chi connectivity index (χ1n) is 12.4. The van der Waals surface area contributed by atoms with Gasteiger partial charge in [-0.1, -0.05) is 50.4 Å². The number of hydrogen-bond acceptors (Lipinski definition) is 7. The first-order chi connectivity index (χ1) is 18.3. The first kappa shape index (κ1) is 30.0. The van der Waals surface area contributed by atoms with Crippen molar-refractivity contribution < 1.29 is 28.8 Å². The lowest BCUT2D eigenvalue weighted by molar-refractivity contribution is -0.384.